The van der Waals surface area contributed by atoms with Crippen molar-refractivity contribution in [3.8, 4) is 0 Å². The van der Waals surface area contributed by atoms with Crippen molar-refractivity contribution in [2.75, 3.05) is 11.9 Å². The quantitative estimate of drug-likeness (QED) is 0.572. The van der Waals surface area contributed by atoms with E-state index in [9.17, 15) is 19.1 Å². The first-order valence-corrected chi connectivity index (χ1v) is 10.8. The molecular formula is C22H19ClFN3O3S. The number of carbonyl (C=O) groups excluding carboxylic acids is 1. The molecule has 0 fully saturated rings. The smallest absolute Gasteiger partial charge is 0.339 e. The molecule has 0 aliphatic carbocycles. The number of aromatic carboxylic acids is 1. The Morgan fingerprint density at radius 3 is 2.87 bits per heavy atom. The van der Waals surface area contributed by atoms with Gasteiger partial charge in [0.1, 0.15) is 10.8 Å². The fraction of sp³-hybridized carbons (Fsp3) is 0.227. The summed E-state index contributed by atoms with van der Waals surface area (Å²) in [4.78, 5) is 31.7. The lowest BCUT2D eigenvalue weighted by Gasteiger charge is -2.26. The van der Waals surface area contributed by atoms with E-state index in [0.29, 0.717) is 31.1 Å². The van der Waals surface area contributed by atoms with Crippen molar-refractivity contribution in [3.05, 3.63) is 80.7 Å². The van der Waals surface area contributed by atoms with Crippen LogP contribution in [0.1, 0.15) is 31.9 Å². The van der Waals surface area contributed by atoms with E-state index in [0.717, 1.165) is 22.1 Å². The number of fused-ring (bicyclic) bond motifs is 1. The number of rotatable bonds is 6. The summed E-state index contributed by atoms with van der Waals surface area (Å²) >= 11 is 7.01. The van der Waals surface area contributed by atoms with Crippen molar-refractivity contribution >= 4 is 39.8 Å². The Balaban J connectivity index is 1.51. The van der Waals surface area contributed by atoms with Crippen LogP contribution in [-0.2, 0) is 30.7 Å². The largest absolute Gasteiger partial charge is 0.478 e. The lowest BCUT2D eigenvalue weighted by Crippen LogP contribution is -2.29. The molecule has 0 atom stereocenters. The monoisotopic (exact) mass is 459 g/mol. The molecule has 0 saturated carbocycles. The summed E-state index contributed by atoms with van der Waals surface area (Å²) in [5.41, 5.74) is 2.17. The highest BCUT2D eigenvalue weighted by Crippen LogP contribution is 2.37. The number of halogens is 2. The van der Waals surface area contributed by atoms with E-state index in [1.807, 2.05) is 18.3 Å². The number of hydrogen-bond acceptors (Lipinski definition) is 5. The minimum absolute atomic E-state index is 0.131. The molecule has 0 spiro atoms. The van der Waals surface area contributed by atoms with Crippen LogP contribution in [0.2, 0.25) is 5.02 Å². The van der Waals surface area contributed by atoms with E-state index in [1.54, 1.807) is 6.20 Å². The van der Waals surface area contributed by atoms with E-state index in [2.05, 4.69) is 15.2 Å². The number of hydrogen-bond donors (Lipinski definition) is 2. The van der Waals surface area contributed by atoms with Crippen LogP contribution in [-0.4, -0.2) is 33.4 Å². The summed E-state index contributed by atoms with van der Waals surface area (Å²) in [6.07, 6.45) is 3.91. The molecular weight excluding hydrogens is 441 g/mol. The van der Waals surface area contributed by atoms with Crippen molar-refractivity contribution < 1.29 is 19.1 Å². The van der Waals surface area contributed by atoms with Crippen molar-refractivity contribution in [3.63, 3.8) is 0 Å². The maximum absolute atomic E-state index is 14.0. The van der Waals surface area contributed by atoms with E-state index in [1.165, 1.54) is 23.5 Å². The number of carbonyl (C=O) groups is 2. The molecule has 1 amide bonds. The number of nitrogens with zero attached hydrogens (tertiary/aromatic N) is 2. The molecule has 3 aromatic rings. The number of carboxylic acids is 1. The molecule has 2 aromatic heterocycles. The van der Waals surface area contributed by atoms with Gasteiger partial charge in [-0.15, -0.1) is 11.3 Å². The third kappa shape index (κ3) is 4.92. The number of anilines is 1. The zero-order valence-electron chi connectivity index (χ0n) is 16.4. The maximum Gasteiger partial charge on any atom is 0.339 e. The molecule has 0 bridgehead atoms. The standard InChI is InChI=1S/C22H19ClFN3O3S/c23-15-4-3-14(17(24)9-15)8-19(28)26-21-20(22(29)30)16-5-7-27(12-18(16)31-21)11-13-2-1-6-25-10-13/h1-4,6,9-10H,5,7-8,11-12H2,(H,26,28)(H,29,30). The lowest BCUT2D eigenvalue weighted by molar-refractivity contribution is -0.115. The molecule has 0 saturated heterocycles. The van der Waals surface area contributed by atoms with Gasteiger partial charge in [-0.25, -0.2) is 9.18 Å². The second-order valence-electron chi connectivity index (χ2n) is 7.30. The van der Waals surface area contributed by atoms with Gasteiger partial charge in [-0.3, -0.25) is 14.7 Å². The fourth-order valence-electron chi connectivity index (χ4n) is 3.66. The molecule has 9 heteroatoms. The SMILES string of the molecule is O=C(Cc1ccc(Cl)cc1F)Nc1sc2c(c1C(=O)O)CCN(Cc1cccnc1)C2. The van der Waals surface area contributed by atoms with Gasteiger partial charge in [0.2, 0.25) is 5.91 Å². The van der Waals surface area contributed by atoms with Crippen LogP contribution in [0.5, 0.6) is 0 Å². The number of aromatic nitrogens is 1. The topological polar surface area (TPSA) is 82.5 Å². The first-order valence-electron chi connectivity index (χ1n) is 9.63. The average molecular weight is 460 g/mol. The van der Waals surface area contributed by atoms with E-state index < -0.39 is 17.7 Å². The Hall–Kier alpha value is -2.81. The number of benzene rings is 1. The van der Waals surface area contributed by atoms with Crippen LogP contribution >= 0.6 is 22.9 Å². The van der Waals surface area contributed by atoms with Gasteiger partial charge in [0, 0.05) is 41.9 Å². The van der Waals surface area contributed by atoms with Crippen molar-refractivity contribution in [2.24, 2.45) is 0 Å². The van der Waals surface area contributed by atoms with Crippen LogP contribution in [0.15, 0.2) is 42.7 Å². The Bertz CT molecular complexity index is 1140. The van der Waals surface area contributed by atoms with Crippen molar-refractivity contribution in [1.82, 2.24) is 9.88 Å². The van der Waals surface area contributed by atoms with Gasteiger partial charge in [-0.05, 0) is 41.3 Å². The molecule has 160 valence electrons. The van der Waals surface area contributed by atoms with Gasteiger partial charge >= 0.3 is 5.97 Å². The minimum Gasteiger partial charge on any atom is -0.478 e. The molecule has 2 N–H and O–H groups in total. The number of pyridine rings is 1. The van der Waals surface area contributed by atoms with Gasteiger partial charge in [-0.2, -0.15) is 0 Å². The molecule has 31 heavy (non-hydrogen) atoms. The highest BCUT2D eigenvalue weighted by Gasteiger charge is 2.28. The second kappa shape index (κ2) is 9.13. The summed E-state index contributed by atoms with van der Waals surface area (Å²) in [6, 6.07) is 7.99. The predicted octanol–water partition coefficient (Wildman–Crippen LogP) is 4.37. The summed E-state index contributed by atoms with van der Waals surface area (Å²) in [6.45, 7) is 2.02. The van der Waals surface area contributed by atoms with Gasteiger partial charge < -0.3 is 10.4 Å². The molecule has 6 nitrogen and oxygen atoms in total. The van der Waals surface area contributed by atoms with Crippen LogP contribution in [0.4, 0.5) is 9.39 Å². The fourth-order valence-corrected chi connectivity index (χ4v) is 5.12. The molecule has 0 unspecified atom stereocenters. The Kier molecular flexibility index (Phi) is 6.31. The molecule has 3 heterocycles. The predicted molar refractivity (Wildman–Crippen MR) is 117 cm³/mol. The van der Waals surface area contributed by atoms with Crippen molar-refractivity contribution in [2.45, 2.75) is 25.9 Å². The Labute approximate surface area is 187 Å². The van der Waals surface area contributed by atoms with Crippen LogP contribution < -0.4 is 5.32 Å². The molecule has 1 aliphatic heterocycles. The summed E-state index contributed by atoms with van der Waals surface area (Å²) in [7, 11) is 0. The van der Waals surface area contributed by atoms with Crippen LogP contribution in [0, 0.1) is 5.82 Å². The zero-order chi connectivity index (χ0) is 22.0. The number of carboxylic acid groups (broad SMARTS) is 1. The molecule has 0 radical (unpaired) electrons. The van der Waals surface area contributed by atoms with Gasteiger partial charge in [0.15, 0.2) is 0 Å². The first kappa shape index (κ1) is 21.4. The summed E-state index contributed by atoms with van der Waals surface area (Å²) in [5.74, 6) is -2.13. The number of thiophene rings is 1. The highest BCUT2D eigenvalue weighted by molar-refractivity contribution is 7.17. The average Bonchev–Trinajstić information content (AvgIpc) is 3.08. The number of nitrogens with one attached hydrogen (secondary N) is 1. The van der Waals surface area contributed by atoms with E-state index in [-0.39, 0.29) is 22.6 Å². The van der Waals surface area contributed by atoms with E-state index >= 15 is 0 Å². The molecule has 1 aliphatic rings. The van der Waals surface area contributed by atoms with Gasteiger partial charge in [0.05, 0.1) is 12.0 Å². The summed E-state index contributed by atoms with van der Waals surface area (Å²) < 4.78 is 14.0. The zero-order valence-corrected chi connectivity index (χ0v) is 18.0. The maximum atomic E-state index is 14.0. The van der Waals surface area contributed by atoms with E-state index in [4.69, 9.17) is 11.6 Å². The van der Waals surface area contributed by atoms with Crippen molar-refractivity contribution in [1.29, 1.82) is 0 Å². The van der Waals surface area contributed by atoms with Gasteiger partial charge in [0.25, 0.3) is 0 Å². The minimum atomic E-state index is -1.08. The highest BCUT2D eigenvalue weighted by atomic mass is 35.5. The van der Waals surface area contributed by atoms with Crippen LogP contribution in [0.25, 0.3) is 0 Å². The Morgan fingerprint density at radius 2 is 2.16 bits per heavy atom. The normalized spacial score (nSPS) is 13.6. The van der Waals surface area contributed by atoms with Gasteiger partial charge in [-0.1, -0.05) is 23.7 Å². The lowest BCUT2D eigenvalue weighted by atomic mass is 10.0. The number of amides is 1. The third-order valence-electron chi connectivity index (χ3n) is 5.10. The molecule has 1 aromatic carbocycles. The first-order chi connectivity index (χ1) is 14.9. The third-order valence-corrected chi connectivity index (χ3v) is 6.47. The second-order valence-corrected chi connectivity index (χ2v) is 8.84. The Morgan fingerprint density at radius 1 is 1.32 bits per heavy atom. The summed E-state index contributed by atoms with van der Waals surface area (Å²) in [5, 5.41) is 13.0. The van der Waals surface area contributed by atoms with Crippen LogP contribution in [0.3, 0.4) is 0 Å². The molecule has 4 rings (SSSR count).